The summed E-state index contributed by atoms with van der Waals surface area (Å²) in [5.41, 5.74) is 2.07. The minimum atomic E-state index is -1.75. The molecular formula is C17H17Cl3N2O2. The number of carbonyl (C=O) groups excluding carboxylic acids is 1. The van der Waals surface area contributed by atoms with E-state index in [0.717, 1.165) is 11.3 Å². The molecule has 1 atom stereocenters. The van der Waals surface area contributed by atoms with Gasteiger partial charge in [0.2, 0.25) is 3.79 Å². The molecule has 2 N–H and O–H groups in total. The number of aryl methyl sites for hydroxylation is 1. The van der Waals surface area contributed by atoms with E-state index in [0.29, 0.717) is 11.3 Å². The molecule has 24 heavy (non-hydrogen) atoms. The molecule has 0 fully saturated rings. The second-order valence-electron chi connectivity index (χ2n) is 5.11. The highest BCUT2D eigenvalue weighted by Crippen LogP contribution is 2.32. The number of methoxy groups -OCH3 is 1. The van der Waals surface area contributed by atoms with Crippen LogP contribution in [-0.2, 0) is 0 Å². The van der Waals surface area contributed by atoms with Crippen LogP contribution in [0.4, 0.5) is 5.69 Å². The summed E-state index contributed by atoms with van der Waals surface area (Å²) in [6, 6.07) is 14.3. The largest absolute Gasteiger partial charge is 0.496 e. The smallest absolute Gasteiger partial charge is 0.256 e. The summed E-state index contributed by atoms with van der Waals surface area (Å²) in [6.45, 7) is 1.92. The molecule has 2 aromatic rings. The Kier molecular flexibility index (Phi) is 6.21. The lowest BCUT2D eigenvalue weighted by Crippen LogP contribution is -2.49. The average Bonchev–Trinajstić information content (AvgIpc) is 2.55. The van der Waals surface area contributed by atoms with E-state index in [4.69, 9.17) is 39.5 Å². The summed E-state index contributed by atoms with van der Waals surface area (Å²) in [5.74, 6) is 0.0267. The third-order valence-corrected chi connectivity index (χ3v) is 4.05. The number of benzene rings is 2. The van der Waals surface area contributed by atoms with Crippen LogP contribution in [0.5, 0.6) is 5.75 Å². The molecule has 0 aliphatic rings. The second kappa shape index (κ2) is 7.97. The second-order valence-corrected chi connectivity index (χ2v) is 7.48. The van der Waals surface area contributed by atoms with Crippen LogP contribution in [0.25, 0.3) is 0 Å². The van der Waals surface area contributed by atoms with Crippen LogP contribution >= 0.6 is 34.8 Å². The maximum Gasteiger partial charge on any atom is 0.256 e. The van der Waals surface area contributed by atoms with E-state index in [1.165, 1.54) is 7.11 Å². The Morgan fingerprint density at radius 1 is 1.08 bits per heavy atom. The average molecular weight is 388 g/mol. The van der Waals surface area contributed by atoms with Crippen molar-refractivity contribution in [3.05, 3.63) is 59.7 Å². The minimum Gasteiger partial charge on any atom is -0.496 e. The van der Waals surface area contributed by atoms with Crippen molar-refractivity contribution in [2.45, 2.75) is 16.9 Å². The maximum absolute atomic E-state index is 12.5. The van der Waals surface area contributed by atoms with Gasteiger partial charge in [0.25, 0.3) is 5.91 Å². The SMILES string of the molecule is COc1ccccc1C(=O)NC(Nc1ccccc1C)C(Cl)(Cl)Cl. The molecule has 1 unspecified atom stereocenters. The first-order chi connectivity index (χ1) is 11.3. The summed E-state index contributed by atoms with van der Waals surface area (Å²) in [6.07, 6.45) is -0.930. The third kappa shape index (κ3) is 4.69. The van der Waals surface area contributed by atoms with Crippen LogP contribution in [0.2, 0.25) is 0 Å². The first kappa shape index (κ1) is 18.7. The van der Waals surface area contributed by atoms with Crippen LogP contribution in [-0.4, -0.2) is 23.0 Å². The van der Waals surface area contributed by atoms with Crippen molar-refractivity contribution in [2.75, 3.05) is 12.4 Å². The van der Waals surface area contributed by atoms with Gasteiger partial charge in [-0.3, -0.25) is 4.79 Å². The van der Waals surface area contributed by atoms with Crippen LogP contribution in [0.1, 0.15) is 15.9 Å². The molecule has 0 heterocycles. The van der Waals surface area contributed by atoms with E-state index in [1.807, 2.05) is 31.2 Å². The molecule has 1 amide bonds. The van der Waals surface area contributed by atoms with Crippen molar-refractivity contribution in [1.82, 2.24) is 5.32 Å². The van der Waals surface area contributed by atoms with Crippen molar-refractivity contribution in [2.24, 2.45) is 0 Å². The summed E-state index contributed by atoms with van der Waals surface area (Å²) in [5, 5.41) is 5.75. The monoisotopic (exact) mass is 386 g/mol. The van der Waals surface area contributed by atoms with E-state index in [2.05, 4.69) is 10.6 Å². The van der Waals surface area contributed by atoms with E-state index in [-0.39, 0.29) is 0 Å². The zero-order chi connectivity index (χ0) is 17.7. The molecule has 0 aliphatic heterocycles. The predicted octanol–water partition coefficient (Wildman–Crippen LogP) is 4.54. The molecular weight excluding hydrogens is 371 g/mol. The fourth-order valence-corrected chi connectivity index (χ4v) is 2.46. The maximum atomic E-state index is 12.5. The number of rotatable bonds is 5. The highest BCUT2D eigenvalue weighted by molar-refractivity contribution is 6.68. The van der Waals surface area contributed by atoms with Gasteiger partial charge in [-0.05, 0) is 30.7 Å². The van der Waals surface area contributed by atoms with E-state index in [1.54, 1.807) is 24.3 Å². The Bertz CT molecular complexity index is 717. The molecule has 0 aliphatic carbocycles. The fourth-order valence-electron chi connectivity index (χ4n) is 2.13. The van der Waals surface area contributed by atoms with Crippen molar-refractivity contribution in [3.63, 3.8) is 0 Å². The van der Waals surface area contributed by atoms with Gasteiger partial charge in [-0.15, -0.1) is 0 Å². The van der Waals surface area contributed by atoms with E-state index < -0.39 is 15.9 Å². The van der Waals surface area contributed by atoms with Crippen LogP contribution in [0.15, 0.2) is 48.5 Å². The molecule has 128 valence electrons. The van der Waals surface area contributed by atoms with Gasteiger partial charge in [0.15, 0.2) is 0 Å². The molecule has 0 radical (unpaired) electrons. The Morgan fingerprint density at radius 3 is 2.33 bits per heavy atom. The summed E-state index contributed by atoms with van der Waals surface area (Å²) in [4.78, 5) is 12.5. The van der Waals surface area contributed by atoms with Crippen LogP contribution in [0, 0.1) is 6.92 Å². The van der Waals surface area contributed by atoms with Gasteiger partial charge in [-0.1, -0.05) is 65.1 Å². The first-order valence-corrected chi connectivity index (χ1v) is 8.29. The summed E-state index contributed by atoms with van der Waals surface area (Å²) >= 11 is 18.1. The van der Waals surface area contributed by atoms with Crippen molar-refractivity contribution in [1.29, 1.82) is 0 Å². The van der Waals surface area contributed by atoms with Crippen LogP contribution < -0.4 is 15.4 Å². The number of hydrogen-bond donors (Lipinski definition) is 2. The lowest BCUT2D eigenvalue weighted by Gasteiger charge is -2.28. The van der Waals surface area contributed by atoms with Gasteiger partial charge >= 0.3 is 0 Å². The zero-order valence-corrected chi connectivity index (χ0v) is 15.4. The number of ether oxygens (including phenoxy) is 1. The number of para-hydroxylation sites is 2. The zero-order valence-electron chi connectivity index (χ0n) is 13.1. The topological polar surface area (TPSA) is 50.4 Å². The lowest BCUT2D eigenvalue weighted by molar-refractivity contribution is 0.0939. The Hall–Kier alpha value is -1.62. The number of nitrogens with one attached hydrogen (secondary N) is 2. The lowest BCUT2D eigenvalue weighted by atomic mass is 10.2. The number of halogens is 3. The summed E-state index contributed by atoms with van der Waals surface area (Å²) in [7, 11) is 1.49. The van der Waals surface area contributed by atoms with Gasteiger partial charge in [-0.2, -0.15) is 0 Å². The molecule has 2 rings (SSSR count). The fraction of sp³-hybridized carbons (Fsp3) is 0.235. The van der Waals surface area contributed by atoms with Crippen molar-refractivity contribution in [3.8, 4) is 5.75 Å². The third-order valence-electron chi connectivity index (χ3n) is 3.40. The number of hydrogen-bond acceptors (Lipinski definition) is 3. The number of alkyl halides is 3. The van der Waals surface area contributed by atoms with Gasteiger partial charge in [0.1, 0.15) is 11.9 Å². The molecule has 4 nitrogen and oxygen atoms in total. The predicted molar refractivity (Wildman–Crippen MR) is 99.3 cm³/mol. The Labute approximate surface area is 156 Å². The van der Waals surface area contributed by atoms with Crippen molar-refractivity contribution < 1.29 is 9.53 Å². The van der Waals surface area contributed by atoms with Gasteiger partial charge in [0.05, 0.1) is 12.7 Å². The molecule has 7 heteroatoms. The normalized spacial score (nSPS) is 12.4. The molecule has 0 bridgehead atoms. The number of amides is 1. The summed E-state index contributed by atoms with van der Waals surface area (Å²) < 4.78 is 3.44. The highest BCUT2D eigenvalue weighted by atomic mass is 35.6. The minimum absolute atomic E-state index is 0.353. The van der Waals surface area contributed by atoms with Crippen LogP contribution in [0.3, 0.4) is 0 Å². The van der Waals surface area contributed by atoms with E-state index >= 15 is 0 Å². The molecule has 0 aromatic heterocycles. The quantitative estimate of drug-likeness (QED) is 0.585. The number of carbonyl (C=O) groups is 1. The first-order valence-electron chi connectivity index (χ1n) is 7.15. The van der Waals surface area contributed by atoms with Crippen molar-refractivity contribution >= 4 is 46.4 Å². The molecule has 0 saturated carbocycles. The molecule has 0 saturated heterocycles. The number of anilines is 1. The Morgan fingerprint density at radius 2 is 1.71 bits per heavy atom. The van der Waals surface area contributed by atoms with Gasteiger partial charge < -0.3 is 15.4 Å². The van der Waals surface area contributed by atoms with Gasteiger partial charge in [0, 0.05) is 5.69 Å². The van der Waals surface area contributed by atoms with Gasteiger partial charge in [-0.25, -0.2) is 0 Å². The van der Waals surface area contributed by atoms with E-state index in [9.17, 15) is 4.79 Å². The molecule has 0 spiro atoms. The standard InChI is InChI=1S/C17H17Cl3N2O2/c1-11-7-3-5-9-13(11)21-16(17(18,19)20)22-15(23)12-8-4-6-10-14(12)24-2/h3-10,16,21H,1-2H3,(H,22,23). The molecule has 2 aromatic carbocycles. The Balaban J connectivity index is 2.24. The highest BCUT2D eigenvalue weighted by Gasteiger charge is 2.34.